The number of para-hydroxylation sites is 1. The highest BCUT2D eigenvalue weighted by molar-refractivity contribution is 6.17. The Hall–Kier alpha value is -1.69. The third-order valence-electron chi connectivity index (χ3n) is 2.46. The molecule has 1 heterocycles. The average Bonchev–Trinajstić information content (AvgIpc) is 2.79. The zero-order chi connectivity index (χ0) is 13.7. The number of benzene rings is 1. The molecule has 0 unspecified atom stereocenters. The summed E-state index contributed by atoms with van der Waals surface area (Å²) in [6.07, 6.45) is 2.36. The second-order valence-electron chi connectivity index (χ2n) is 3.83. The number of hydrogen-bond acceptors (Lipinski definition) is 3. The summed E-state index contributed by atoms with van der Waals surface area (Å²) in [4.78, 5) is 0. The van der Waals surface area contributed by atoms with Gasteiger partial charge in [0.2, 0.25) is 0 Å². The fourth-order valence-corrected chi connectivity index (χ4v) is 1.84. The van der Waals surface area contributed by atoms with E-state index >= 15 is 0 Å². The number of hydrogen-bond donors (Lipinski definition) is 0. The number of alkyl halides is 3. The lowest BCUT2D eigenvalue weighted by Gasteiger charge is -2.09. The quantitative estimate of drug-likeness (QED) is 0.767. The Morgan fingerprint density at radius 2 is 2.11 bits per heavy atom. The monoisotopic (exact) mass is 287 g/mol. The lowest BCUT2D eigenvalue weighted by atomic mass is 10.2. The highest BCUT2D eigenvalue weighted by Gasteiger charge is 2.10. The van der Waals surface area contributed by atoms with Crippen molar-refractivity contribution in [2.24, 2.45) is 0 Å². The van der Waals surface area contributed by atoms with E-state index in [2.05, 4.69) is 15.0 Å². The maximum atomic E-state index is 12.3. The molecule has 0 aliphatic heterocycles. The molecule has 2 rings (SSSR count). The van der Waals surface area contributed by atoms with Crippen LogP contribution in [0.25, 0.3) is 0 Å². The molecule has 4 nitrogen and oxygen atoms in total. The van der Waals surface area contributed by atoms with E-state index in [1.807, 2.05) is 0 Å². The van der Waals surface area contributed by atoms with Gasteiger partial charge >= 0.3 is 6.61 Å². The normalized spacial score (nSPS) is 10.9. The molecule has 0 aliphatic carbocycles. The zero-order valence-corrected chi connectivity index (χ0v) is 10.7. The molecule has 1 aromatic heterocycles. The summed E-state index contributed by atoms with van der Waals surface area (Å²) in [6, 6.07) is 6.60. The first-order valence-electron chi connectivity index (χ1n) is 5.66. The van der Waals surface area contributed by atoms with Crippen LogP contribution in [-0.2, 0) is 13.0 Å². The second-order valence-corrected chi connectivity index (χ2v) is 4.21. The molecule has 2 aromatic rings. The van der Waals surface area contributed by atoms with Crippen LogP contribution in [0.2, 0.25) is 0 Å². The van der Waals surface area contributed by atoms with Crippen molar-refractivity contribution in [3.63, 3.8) is 0 Å². The molecule has 0 aliphatic rings. The van der Waals surface area contributed by atoms with Crippen molar-refractivity contribution < 1.29 is 13.5 Å². The van der Waals surface area contributed by atoms with Gasteiger partial charge in [0.15, 0.2) is 0 Å². The van der Waals surface area contributed by atoms with Crippen LogP contribution in [-0.4, -0.2) is 27.5 Å². The summed E-state index contributed by atoms with van der Waals surface area (Å²) in [6.45, 7) is -2.53. The SMILES string of the molecule is FC(F)Oc1ccccc1Cn1cc(CCCl)nn1. The maximum absolute atomic E-state index is 12.3. The summed E-state index contributed by atoms with van der Waals surface area (Å²) in [7, 11) is 0. The van der Waals surface area contributed by atoms with Gasteiger partial charge in [0.05, 0.1) is 12.2 Å². The molecule has 0 N–H and O–H groups in total. The minimum Gasteiger partial charge on any atom is -0.434 e. The number of ether oxygens (including phenoxy) is 1. The highest BCUT2D eigenvalue weighted by atomic mass is 35.5. The van der Waals surface area contributed by atoms with Crippen molar-refractivity contribution in [2.45, 2.75) is 19.6 Å². The van der Waals surface area contributed by atoms with Crippen LogP contribution in [0, 0.1) is 0 Å². The third kappa shape index (κ3) is 3.89. The molecule has 0 bridgehead atoms. The van der Waals surface area contributed by atoms with Crippen LogP contribution in [0.1, 0.15) is 11.3 Å². The molecule has 0 atom stereocenters. The Morgan fingerprint density at radius 1 is 1.32 bits per heavy atom. The predicted molar refractivity (Wildman–Crippen MR) is 66.6 cm³/mol. The summed E-state index contributed by atoms with van der Waals surface area (Å²) in [5.41, 5.74) is 1.38. The van der Waals surface area contributed by atoms with Gasteiger partial charge in [-0.3, -0.25) is 0 Å². The lowest BCUT2D eigenvalue weighted by Crippen LogP contribution is -2.07. The number of aromatic nitrogens is 3. The van der Waals surface area contributed by atoms with Gasteiger partial charge in [-0.2, -0.15) is 8.78 Å². The average molecular weight is 288 g/mol. The number of rotatable bonds is 6. The van der Waals surface area contributed by atoms with Crippen LogP contribution in [0.3, 0.4) is 0 Å². The van der Waals surface area contributed by atoms with Gasteiger partial charge in [-0.05, 0) is 6.07 Å². The third-order valence-corrected chi connectivity index (χ3v) is 2.65. The van der Waals surface area contributed by atoms with E-state index in [9.17, 15) is 8.78 Å². The number of aryl methyl sites for hydroxylation is 1. The fourth-order valence-electron chi connectivity index (χ4n) is 1.65. The molecule has 0 saturated heterocycles. The van der Waals surface area contributed by atoms with Gasteiger partial charge in [-0.1, -0.05) is 23.4 Å². The van der Waals surface area contributed by atoms with Gasteiger partial charge in [0.1, 0.15) is 5.75 Å². The Morgan fingerprint density at radius 3 is 2.84 bits per heavy atom. The van der Waals surface area contributed by atoms with Crippen molar-refractivity contribution in [1.29, 1.82) is 0 Å². The molecule has 0 spiro atoms. The standard InChI is InChI=1S/C12H12ClF2N3O/c13-6-5-10-8-18(17-16-10)7-9-3-1-2-4-11(9)19-12(14)15/h1-4,8,12H,5-7H2. The molecule has 0 saturated carbocycles. The lowest BCUT2D eigenvalue weighted by molar-refractivity contribution is -0.0505. The summed E-state index contributed by atoms with van der Waals surface area (Å²) in [5.74, 6) is 0.607. The van der Waals surface area contributed by atoms with Crippen molar-refractivity contribution in [2.75, 3.05) is 5.88 Å². The topological polar surface area (TPSA) is 39.9 Å². The van der Waals surface area contributed by atoms with Gasteiger partial charge in [-0.25, -0.2) is 4.68 Å². The Bertz CT molecular complexity index is 533. The molecular formula is C12H12ClF2N3O. The van der Waals surface area contributed by atoms with Crippen LogP contribution < -0.4 is 4.74 Å². The van der Waals surface area contributed by atoms with E-state index < -0.39 is 6.61 Å². The molecule has 0 fully saturated rings. The first-order valence-corrected chi connectivity index (χ1v) is 6.20. The van der Waals surface area contributed by atoms with Gasteiger partial charge in [0.25, 0.3) is 0 Å². The first-order chi connectivity index (χ1) is 9.19. The zero-order valence-electron chi connectivity index (χ0n) is 9.97. The van der Waals surface area contributed by atoms with E-state index in [4.69, 9.17) is 11.6 Å². The van der Waals surface area contributed by atoms with E-state index in [1.54, 1.807) is 29.1 Å². The first kappa shape index (κ1) is 13.7. The summed E-state index contributed by atoms with van der Waals surface area (Å²) in [5, 5.41) is 7.85. The molecule has 7 heteroatoms. The van der Waals surface area contributed by atoms with Crippen LogP contribution in [0.4, 0.5) is 8.78 Å². The predicted octanol–water partition coefficient (Wildman–Crippen LogP) is 2.71. The van der Waals surface area contributed by atoms with Crippen LogP contribution in [0.5, 0.6) is 5.75 Å². The molecule has 102 valence electrons. The number of halogens is 3. The minimum atomic E-state index is -2.84. The van der Waals surface area contributed by atoms with Crippen molar-refractivity contribution in [3.8, 4) is 5.75 Å². The van der Waals surface area contributed by atoms with Crippen molar-refractivity contribution in [1.82, 2.24) is 15.0 Å². The van der Waals surface area contributed by atoms with Gasteiger partial charge < -0.3 is 4.74 Å². The maximum Gasteiger partial charge on any atom is 0.387 e. The smallest absolute Gasteiger partial charge is 0.387 e. The second kappa shape index (κ2) is 6.47. The highest BCUT2D eigenvalue weighted by Crippen LogP contribution is 2.21. The van der Waals surface area contributed by atoms with Gasteiger partial charge in [0, 0.05) is 24.1 Å². The largest absolute Gasteiger partial charge is 0.434 e. The minimum absolute atomic E-state index is 0.145. The summed E-state index contributed by atoms with van der Waals surface area (Å²) >= 11 is 5.61. The van der Waals surface area contributed by atoms with E-state index in [0.717, 1.165) is 5.69 Å². The Balaban J connectivity index is 2.13. The van der Waals surface area contributed by atoms with E-state index in [0.29, 0.717) is 24.4 Å². The Labute approximate surface area is 113 Å². The molecule has 1 aromatic carbocycles. The van der Waals surface area contributed by atoms with Crippen LogP contribution >= 0.6 is 11.6 Å². The molecule has 0 radical (unpaired) electrons. The molecular weight excluding hydrogens is 276 g/mol. The molecule has 19 heavy (non-hydrogen) atoms. The number of nitrogens with zero attached hydrogens (tertiary/aromatic N) is 3. The van der Waals surface area contributed by atoms with Crippen LogP contribution in [0.15, 0.2) is 30.5 Å². The van der Waals surface area contributed by atoms with Crippen molar-refractivity contribution >= 4 is 11.6 Å². The van der Waals surface area contributed by atoms with Gasteiger partial charge in [-0.15, -0.1) is 16.7 Å². The fraction of sp³-hybridized carbons (Fsp3) is 0.333. The van der Waals surface area contributed by atoms with Crippen molar-refractivity contribution in [3.05, 3.63) is 41.7 Å². The van der Waals surface area contributed by atoms with E-state index in [-0.39, 0.29) is 5.75 Å². The Kier molecular flexibility index (Phi) is 4.68. The van der Waals surface area contributed by atoms with E-state index in [1.165, 1.54) is 6.07 Å². The molecule has 0 amide bonds. The summed E-state index contributed by atoms with van der Waals surface area (Å²) < 4.78 is 30.6.